The minimum absolute atomic E-state index is 0.0350. The van der Waals surface area contributed by atoms with E-state index in [0.29, 0.717) is 5.69 Å². The summed E-state index contributed by atoms with van der Waals surface area (Å²) in [5.41, 5.74) is 0.335. The van der Waals surface area contributed by atoms with Gasteiger partial charge in [0.15, 0.2) is 0 Å². The van der Waals surface area contributed by atoms with Crippen molar-refractivity contribution in [3.63, 3.8) is 0 Å². The van der Waals surface area contributed by atoms with Crippen LogP contribution in [0.1, 0.15) is 31.3 Å². The van der Waals surface area contributed by atoms with Crippen molar-refractivity contribution in [3.8, 4) is 0 Å². The standard InChI is InChI=1S/C14H18N2O4/c1-7-8(2)20-9(3)12(7)13(17)16-10-4-5-15-11(6-10)14(18)19/h4-9,12H,1-3H3,(H,18,19)(H,15,16,17). The van der Waals surface area contributed by atoms with Gasteiger partial charge in [-0.3, -0.25) is 4.79 Å². The van der Waals surface area contributed by atoms with Crippen LogP contribution >= 0.6 is 0 Å². The van der Waals surface area contributed by atoms with Crippen molar-refractivity contribution in [3.05, 3.63) is 24.0 Å². The molecule has 1 saturated heterocycles. The number of pyridine rings is 1. The number of carbonyl (C=O) groups is 2. The average Bonchev–Trinajstić information content (AvgIpc) is 2.63. The van der Waals surface area contributed by atoms with E-state index in [1.807, 2.05) is 20.8 Å². The summed E-state index contributed by atoms with van der Waals surface area (Å²) in [6, 6.07) is 2.91. The molecule has 4 unspecified atom stereocenters. The predicted molar refractivity (Wildman–Crippen MR) is 72.5 cm³/mol. The molecule has 6 nitrogen and oxygen atoms in total. The summed E-state index contributed by atoms with van der Waals surface area (Å²) in [5, 5.41) is 11.6. The van der Waals surface area contributed by atoms with Crippen LogP contribution in [-0.4, -0.2) is 34.2 Å². The maximum absolute atomic E-state index is 12.3. The normalized spacial score (nSPS) is 29.1. The van der Waals surface area contributed by atoms with Crippen molar-refractivity contribution < 1.29 is 19.4 Å². The maximum Gasteiger partial charge on any atom is 0.354 e. The molecule has 4 atom stereocenters. The molecular formula is C14H18N2O4. The topological polar surface area (TPSA) is 88.5 Å². The number of aromatic nitrogens is 1. The molecule has 1 amide bonds. The number of aromatic carboxylic acids is 1. The quantitative estimate of drug-likeness (QED) is 0.879. The second-order valence-electron chi connectivity index (χ2n) is 5.16. The molecule has 0 spiro atoms. The first-order valence-corrected chi connectivity index (χ1v) is 6.56. The molecule has 2 rings (SSSR count). The van der Waals surface area contributed by atoms with Crippen molar-refractivity contribution in [1.82, 2.24) is 4.98 Å². The van der Waals surface area contributed by atoms with Crippen molar-refractivity contribution >= 4 is 17.6 Å². The zero-order valence-corrected chi connectivity index (χ0v) is 11.7. The lowest BCUT2D eigenvalue weighted by Gasteiger charge is -2.18. The molecule has 0 aliphatic carbocycles. The van der Waals surface area contributed by atoms with Gasteiger partial charge in [0.1, 0.15) is 5.69 Å². The largest absolute Gasteiger partial charge is 0.477 e. The van der Waals surface area contributed by atoms with Gasteiger partial charge in [-0.1, -0.05) is 6.92 Å². The number of hydrogen-bond donors (Lipinski definition) is 2. The van der Waals surface area contributed by atoms with Crippen molar-refractivity contribution in [2.45, 2.75) is 33.0 Å². The first-order valence-electron chi connectivity index (χ1n) is 6.56. The van der Waals surface area contributed by atoms with Gasteiger partial charge in [-0.25, -0.2) is 9.78 Å². The first kappa shape index (κ1) is 14.5. The molecule has 2 heterocycles. The van der Waals surface area contributed by atoms with Crippen LogP contribution < -0.4 is 5.32 Å². The lowest BCUT2D eigenvalue weighted by atomic mass is 9.89. The Bertz CT molecular complexity index is 532. The monoisotopic (exact) mass is 278 g/mol. The zero-order valence-electron chi connectivity index (χ0n) is 11.7. The highest BCUT2D eigenvalue weighted by Crippen LogP contribution is 2.32. The molecule has 2 N–H and O–H groups in total. The Labute approximate surface area is 117 Å². The molecule has 1 aromatic rings. The molecule has 20 heavy (non-hydrogen) atoms. The van der Waals surface area contributed by atoms with Gasteiger partial charge in [-0.05, 0) is 31.9 Å². The Morgan fingerprint density at radius 1 is 1.30 bits per heavy atom. The number of carbonyl (C=O) groups excluding carboxylic acids is 1. The Balaban J connectivity index is 2.12. The third kappa shape index (κ3) is 2.80. The van der Waals surface area contributed by atoms with E-state index in [1.165, 1.54) is 12.3 Å². The van der Waals surface area contributed by atoms with Gasteiger partial charge in [0.2, 0.25) is 5.91 Å². The molecule has 0 aromatic carbocycles. The molecule has 1 aliphatic heterocycles. The highest BCUT2D eigenvalue weighted by molar-refractivity contribution is 5.94. The summed E-state index contributed by atoms with van der Waals surface area (Å²) in [7, 11) is 0. The second kappa shape index (κ2) is 5.58. The fraction of sp³-hybridized carbons (Fsp3) is 0.500. The van der Waals surface area contributed by atoms with Crippen LogP contribution in [0.5, 0.6) is 0 Å². The molecule has 1 fully saturated rings. The van der Waals surface area contributed by atoms with E-state index >= 15 is 0 Å². The Kier molecular flexibility index (Phi) is 4.04. The molecule has 1 aromatic heterocycles. The predicted octanol–water partition coefficient (Wildman–Crippen LogP) is 1.78. The van der Waals surface area contributed by atoms with E-state index in [2.05, 4.69) is 10.3 Å². The lowest BCUT2D eigenvalue weighted by molar-refractivity contribution is -0.121. The van der Waals surface area contributed by atoms with E-state index in [0.717, 1.165) is 0 Å². The van der Waals surface area contributed by atoms with Crippen LogP contribution in [0.25, 0.3) is 0 Å². The van der Waals surface area contributed by atoms with Gasteiger partial charge in [0.05, 0.1) is 18.1 Å². The van der Waals surface area contributed by atoms with E-state index in [-0.39, 0.29) is 35.6 Å². The van der Waals surface area contributed by atoms with Gasteiger partial charge >= 0.3 is 5.97 Å². The Hall–Kier alpha value is -1.95. The van der Waals surface area contributed by atoms with Crippen LogP contribution in [0.3, 0.4) is 0 Å². The summed E-state index contributed by atoms with van der Waals surface area (Å²) in [4.78, 5) is 26.9. The lowest BCUT2D eigenvalue weighted by Crippen LogP contribution is -2.32. The number of rotatable bonds is 3. The number of nitrogens with zero attached hydrogens (tertiary/aromatic N) is 1. The summed E-state index contributed by atoms with van der Waals surface area (Å²) < 4.78 is 5.64. The number of hydrogen-bond acceptors (Lipinski definition) is 4. The highest BCUT2D eigenvalue weighted by Gasteiger charge is 2.41. The number of ether oxygens (including phenoxy) is 1. The molecule has 0 bridgehead atoms. The number of carboxylic acid groups (broad SMARTS) is 1. The SMILES string of the molecule is CC1OC(C)C(C(=O)Nc2ccnc(C(=O)O)c2)C1C. The van der Waals surface area contributed by atoms with Crippen molar-refractivity contribution in [2.75, 3.05) is 5.32 Å². The van der Waals surface area contributed by atoms with E-state index in [1.54, 1.807) is 6.07 Å². The number of anilines is 1. The van der Waals surface area contributed by atoms with E-state index in [4.69, 9.17) is 9.84 Å². The summed E-state index contributed by atoms with van der Waals surface area (Å²) in [6.45, 7) is 5.80. The van der Waals surface area contributed by atoms with Crippen LogP contribution in [0.15, 0.2) is 18.3 Å². The fourth-order valence-electron chi connectivity index (χ4n) is 2.57. The van der Waals surface area contributed by atoms with Gasteiger partial charge in [0, 0.05) is 11.9 Å². The molecule has 0 saturated carbocycles. The molecular weight excluding hydrogens is 260 g/mol. The summed E-state index contributed by atoms with van der Waals surface area (Å²) >= 11 is 0. The van der Waals surface area contributed by atoms with Crippen LogP contribution in [0.4, 0.5) is 5.69 Å². The molecule has 6 heteroatoms. The minimum atomic E-state index is -1.12. The van der Waals surface area contributed by atoms with Crippen LogP contribution in [0.2, 0.25) is 0 Å². The minimum Gasteiger partial charge on any atom is -0.477 e. The molecule has 108 valence electrons. The number of carboxylic acids is 1. The van der Waals surface area contributed by atoms with Gasteiger partial charge < -0.3 is 15.2 Å². The molecule has 0 radical (unpaired) electrons. The van der Waals surface area contributed by atoms with Gasteiger partial charge in [-0.2, -0.15) is 0 Å². The maximum atomic E-state index is 12.3. The average molecular weight is 278 g/mol. The first-order chi connectivity index (χ1) is 9.40. The Morgan fingerprint density at radius 2 is 2.00 bits per heavy atom. The third-order valence-corrected chi connectivity index (χ3v) is 3.79. The van der Waals surface area contributed by atoms with E-state index < -0.39 is 5.97 Å². The van der Waals surface area contributed by atoms with Crippen molar-refractivity contribution in [1.29, 1.82) is 0 Å². The Morgan fingerprint density at radius 3 is 2.55 bits per heavy atom. The van der Waals surface area contributed by atoms with Crippen LogP contribution in [-0.2, 0) is 9.53 Å². The zero-order chi connectivity index (χ0) is 14.9. The molecule has 1 aliphatic rings. The van der Waals surface area contributed by atoms with Crippen molar-refractivity contribution in [2.24, 2.45) is 11.8 Å². The number of nitrogens with one attached hydrogen (secondary N) is 1. The summed E-state index contributed by atoms with van der Waals surface area (Å²) in [6.07, 6.45) is 1.24. The summed E-state index contributed by atoms with van der Waals surface area (Å²) in [5.74, 6) is -1.41. The highest BCUT2D eigenvalue weighted by atomic mass is 16.5. The van der Waals surface area contributed by atoms with Gasteiger partial charge in [0.25, 0.3) is 0 Å². The second-order valence-corrected chi connectivity index (χ2v) is 5.16. The smallest absolute Gasteiger partial charge is 0.354 e. The van der Waals surface area contributed by atoms with Gasteiger partial charge in [-0.15, -0.1) is 0 Å². The van der Waals surface area contributed by atoms with Crippen LogP contribution in [0, 0.1) is 11.8 Å². The number of amides is 1. The van der Waals surface area contributed by atoms with E-state index in [9.17, 15) is 9.59 Å². The fourth-order valence-corrected chi connectivity index (χ4v) is 2.57. The third-order valence-electron chi connectivity index (χ3n) is 3.79.